The Balaban J connectivity index is 1.79. The van der Waals surface area contributed by atoms with E-state index in [0.29, 0.717) is 6.42 Å². The molecule has 1 aromatic carbocycles. The average molecular weight is 303 g/mol. The lowest BCUT2D eigenvalue weighted by molar-refractivity contribution is -0.122. The van der Waals surface area contributed by atoms with Gasteiger partial charge in [-0.3, -0.25) is 4.79 Å². The van der Waals surface area contributed by atoms with Crippen LogP contribution >= 0.6 is 11.3 Å². The third-order valence-electron chi connectivity index (χ3n) is 3.50. The summed E-state index contributed by atoms with van der Waals surface area (Å²) in [6.07, 6.45) is 2.26. The van der Waals surface area contributed by atoms with E-state index in [9.17, 15) is 9.90 Å². The lowest BCUT2D eigenvalue weighted by atomic mass is 10.1. The molecular formula is C17H21NO2S. The number of carbonyl (C=O) groups excluding carboxylic acids is 1. The molecule has 1 amide bonds. The van der Waals surface area contributed by atoms with E-state index in [1.165, 1.54) is 10.4 Å². The van der Waals surface area contributed by atoms with Gasteiger partial charge in [-0.25, -0.2) is 0 Å². The van der Waals surface area contributed by atoms with Gasteiger partial charge in [-0.1, -0.05) is 30.3 Å². The maximum absolute atomic E-state index is 12.0. The van der Waals surface area contributed by atoms with Crippen molar-refractivity contribution in [1.82, 2.24) is 5.32 Å². The molecule has 0 spiro atoms. The van der Waals surface area contributed by atoms with E-state index in [0.717, 1.165) is 18.4 Å². The van der Waals surface area contributed by atoms with E-state index in [-0.39, 0.29) is 18.6 Å². The van der Waals surface area contributed by atoms with E-state index in [4.69, 9.17) is 0 Å². The van der Waals surface area contributed by atoms with Crippen molar-refractivity contribution in [2.45, 2.75) is 32.2 Å². The summed E-state index contributed by atoms with van der Waals surface area (Å²) in [5.41, 5.74) is 2.24. The largest absolute Gasteiger partial charge is 0.394 e. The number of hydrogen-bond donors (Lipinski definition) is 2. The number of carbonyl (C=O) groups is 1. The van der Waals surface area contributed by atoms with E-state index < -0.39 is 0 Å². The molecule has 2 aromatic rings. The van der Waals surface area contributed by atoms with E-state index in [1.54, 1.807) is 11.3 Å². The Morgan fingerprint density at radius 2 is 2.05 bits per heavy atom. The summed E-state index contributed by atoms with van der Waals surface area (Å²) in [6, 6.07) is 11.3. The Hall–Kier alpha value is -1.65. The zero-order valence-electron chi connectivity index (χ0n) is 12.2. The fourth-order valence-corrected chi connectivity index (χ4v) is 3.21. The summed E-state index contributed by atoms with van der Waals surface area (Å²) in [6.45, 7) is 2.02. The number of amides is 1. The van der Waals surface area contributed by atoms with Crippen LogP contribution in [0.1, 0.15) is 34.9 Å². The molecule has 1 heterocycles. The smallest absolute Gasteiger partial charge is 0.220 e. The highest BCUT2D eigenvalue weighted by Gasteiger charge is 2.13. The van der Waals surface area contributed by atoms with Crippen LogP contribution in [0.3, 0.4) is 0 Å². The summed E-state index contributed by atoms with van der Waals surface area (Å²) in [5, 5.41) is 14.4. The van der Waals surface area contributed by atoms with Crippen molar-refractivity contribution in [2.24, 2.45) is 0 Å². The molecule has 0 saturated carbocycles. The Kier molecular flexibility index (Phi) is 5.96. The second kappa shape index (κ2) is 7.96. The van der Waals surface area contributed by atoms with Crippen molar-refractivity contribution in [2.75, 3.05) is 6.61 Å². The van der Waals surface area contributed by atoms with Crippen molar-refractivity contribution in [3.63, 3.8) is 0 Å². The molecule has 1 atom stereocenters. The molecule has 0 aliphatic rings. The van der Waals surface area contributed by atoms with E-state index in [2.05, 4.69) is 23.7 Å². The number of rotatable bonds is 7. The molecule has 1 aromatic heterocycles. The van der Waals surface area contributed by atoms with Gasteiger partial charge in [0.2, 0.25) is 5.91 Å². The molecule has 0 aliphatic carbocycles. The predicted octanol–water partition coefficient (Wildman–Crippen LogP) is 3.23. The third kappa shape index (κ3) is 4.69. The second-order valence-corrected chi connectivity index (χ2v) is 6.09. The minimum Gasteiger partial charge on any atom is -0.394 e. The van der Waals surface area contributed by atoms with Gasteiger partial charge in [0.15, 0.2) is 0 Å². The van der Waals surface area contributed by atoms with Gasteiger partial charge in [0.25, 0.3) is 0 Å². The number of aliphatic hydroxyl groups is 1. The second-order valence-electron chi connectivity index (χ2n) is 5.09. The number of benzene rings is 1. The maximum atomic E-state index is 12.0. The highest BCUT2D eigenvalue weighted by Crippen LogP contribution is 2.18. The summed E-state index contributed by atoms with van der Waals surface area (Å²) >= 11 is 1.74. The first kappa shape index (κ1) is 15.7. The number of aliphatic hydroxyl groups excluding tert-OH is 1. The van der Waals surface area contributed by atoms with Crippen LogP contribution in [0, 0.1) is 6.92 Å². The molecule has 0 bridgehead atoms. The van der Waals surface area contributed by atoms with Crippen LogP contribution in [0.4, 0.5) is 0 Å². The van der Waals surface area contributed by atoms with Crippen LogP contribution in [0.5, 0.6) is 0 Å². The van der Waals surface area contributed by atoms with Crippen LogP contribution in [-0.4, -0.2) is 17.6 Å². The summed E-state index contributed by atoms with van der Waals surface area (Å²) in [4.78, 5) is 13.3. The molecule has 3 nitrogen and oxygen atoms in total. The van der Waals surface area contributed by atoms with Crippen molar-refractivity contribution < 1.29 is 9.90 Å². The van der Waals surface area contributed by atoms with E-state index >= 15 is 0 Å². The highest BCUT2D eigenvalue weighted by atomic mass is 32.1. The fourth-order valence-electron chi connectivity index (χ4n) is 2.26. The highest BCUT2D eigenvalue weighted by molar-refractivity contribution is 7.10. The number of nitrogens with one attached hydrogen (secondary N) is 1. The Labute approximate surface area is 129 Å². The normalized spacial score (nSPS) is 12.1. The molecule has 112 valence electrons. The van der Waals surface area contributed by atoms with Crippen molar-refractivity contribution in [3.8, 4) is 0 Å². The third-order valence-corrected chi connectivity index (χ3v) is 4.58. The molecule has 2 N–H and O–H groups in total. The number of hydrogen-bond acceptors (Lipinski definition) is 3. The summed E-state index contributed by atoms with van der Waals surface area (Å²) in [5.74, 6) is -0.00730. The lowest BCUT2D eigenvalue weighted by Gasteiger charge is -2.16. The van der Waals surface area contributed by atoms with Crippen molar-refractivity contribution >= 4 is 17.2 Å². The molecule has 0 radical (unpaired) electrons. The zero-order chi connectivity index (χ0) is 15.1. The zero-order valence-corrected chi connectivity index (χ0v) is 13.0. The first-order valence-electron chi connectivity index (χ1n) is 7.19. The van der Waals surface area contributed by atoms with Gasteiger partial charge in [0.1, 0.15) is 0 Å². The van der Waals surface area contributed by atoms with Gasteiger partial charge < -0.3 is 10.4 Å². The lowest BCUT2D eigenvalue weighted by Crippen LogP contribution is -2.30. The average Bonchev–Trinajstić information content (AvgIpc) is 2.91. The van der Waals surface area contributed by atoms with Crippen LogP contribution < -0.4 is 5.32 Å². The van der Waals surface area contributed by atoms with Gasteiger partial charge in [0.05, 0.1) is 12.6 Å². The Morgan fingerprint density at radius 3 is 2.67 bits per heavy atom. The van der Waals surface area contributed by atoms with Crippen molar-refractivity contribution in [3.05, 3.63) is 57.8 Å². The topological polar surface area (TPSA) is 49.3 Å². The number of aryl methyl sites for hydroxylation is 2. The van der Waals surface area contributed by atoms with E-state index in [1.807, 2.05) is 30.3 Å². The molecule has 0 fully saturated rings. The first-order chi connectivity index (χ1) is 10.2. The van der Waals surface area contributed by atoms with Crippen LogP contribution in [0.2, 0.25) is 0 Å². The maximum Gasteiger partial charge on any atom is 0.220 e. The molecule has 2 rings (SSSR count). The fraction of sp³-hybridized carbons (Fsp3) is 0.353. The minimum atomic E-state index is -0.317. The standard InChI is InChI=1S/C17H21NO2S/c1-13-10-11-21-16(13)8-5-9-17(20)18-15(12-19)14-6-3-2-4-7-14/h2-4,6-7,10-11,15,19H,5,8-9,12H2,1H3,(H,18,20). The first-order valence-corrected chi connectivity index (χ1v) is 8.07. The van der Waals surface area contributed by atoms with Gasteiger partial charge in [-0.05, 0) is 42.3 Å². The van der Waals surface area contributed by atoms with Gasteiger partial charge in [-0.15, -0.1) is 11.3 Å². The predicted molar refractivity (Wildman–Crippen MR) is 86.4 cm³/mol. The van der Waals surface area contributed by atoms with Gasteiger partial charge >= 0.3 is 0 Å². The van der Waals surface area contributed by atoms with Crippen LogP contribution in [-0.2, 0) is 11.2 Å². The van der Waals surface area contributed by atoms with Crippen molar-refractivity contribution in [1.29, 1.82) is 0 Å². The molecule has 0 saturated heterocycles. The molecule has 4 heteroatoms. The summed E-state index contributed by atoms with van der Waals surface area (Å²) < 4.78 is 0. The Morgan fingerprint density at radius 1 is 1.29 bits per heavy atom. The monoisotopic (exact) mass is 303 g/mol. The van der Waals surface area contributed by atoms with Gasteiger partial charge in [-0.2, -0.15) is 0 Å². The number of thiophene rings is 1. The SMILES string of the molecule is Cc1ccsc1CCCC(=O)NC(CO)c1ccccc1. The quantitative estimate of drug-likeness (QED) is 0.825. The molecule has 21 heavy (non-hydrogen) atoms. The molecule has 1 unspecified atom stereocenters. The van der Waals surface area contributed by atoms with Crippen LogP contribution in [0.15, 0.2) is 41.8 Å². The Bertz CT molecular complexity index is 565. The molecular weight excluding hydrogens is 282 g/mol. The molecule has 0 aliphatic heterocycles. The summed E-state index contributed by atoms with van der Waals surface area (Å²) in [7, 11) is 0. The van der Waals surface area contributed by atoms with Gasteiger partial charge in [0, 0.05) is 11.3 Å². The minimum absolute atomic E-state index is 0.00730. The van der Waals surface area contributed by atoms with Crippen LogP contribution in [0.25, 0.3) is 0 Å².